The van der Waals surface area contributed by atoms with E-state index in [1.807, 2.05) is 0 Å². The molecule has 0 amide bonds. The average Bonchev–Trinajstić information content (AvgIpc) is 2.22. The monoisotopic (exact) mass is 211 g/mol. The van der Waals surface area contributed by atoms with Crippen LogP contribution in [0.2, 0.25) is 0 Å². The van der Waals surface area contributed by atoms with E-state index < -0.39 is 0 Å². The van der Waals surface area contributed by atoms with E-state index in [1.54, 1.807) is 0 Å². The van der Waals surface area contributed by atoms with Crippen molar-refractivity contribution in [3.63, 3.8) is 0 Å². The summed E-state index contributed by atoms with van der Waals surface area (Å²) in [6.07, 6.45) is 3.05. The second kappa shape index (κ2) is 4.27. The summed E-state index contributed by atoms with van der Waals surface area (Å²) in [5, 5.41) is 3.29. The van der Waals surface area contributed by atoms with Gasteiger partial charge in [-0.05, 0) is 38.0 Å². The van der Waals surface area contributed by atoms with Crippen LogP contribution >= 0.6 is 0 Å². The summed E-state index contributed by atoms with van der Waals surface area (Å²) in [6.45, 7) is 2.07. The quantitative estimate of drug-likeness (QED) is 0.752. The van der Waals surface area contributed by atoms with Gasteiger partial charge in [0.25, 0.3) is 0 Å². The third-order valence-corrected chi connectivity index (χ3v) is 2.95. The molecule has 0 aliphatic carbocycles. The fourth-order valence-corrected chi connectivity index (χ4v) is 2.17. The van der Waals surface area contributed by atoms with Gasteiger partial charge in [-0.2, -0.15) is 0 Å². The molecule has 0 aromatic heterocycles. The predicted octanol–water partition coefficient (Wildman–Crippen LogP) is 3.17. The van der Waals surface area contributed by atoms with E-state index in [0.29, 0.717) is 11.6 Å². The second-order valence-electron chi connectivity index (χ2n) is 4.22. The molecule has 1 heterocycles. The number of nitrogens with one attached hydrogen (secondary N) is 1. The molecule has 0 spiro atoms. The SMILES string of the molecule is CC1CCCC(c2cc(F)ccc2F)N1. The van der Waals surface area contributed by atoms with E-state index in [-0.39, 0.29) is 17.7 Å². The van der Waals surface area contributed by atoms with Crippen LogP contribution in [0.15, 0.2) is 18.2 Å². The van der Waals surface area contributed by atoms with Crippen molar-refractivity contribution >= 4 is 0 Å². The first-order valence-corrected chi connectivity index (χ1v) is 5.38. The molecule has 1 fully saturated rings. The maximum absolute atomic E-state index is 13.5. The summed E-state index contributed by atoms with van der Waals surface area (Å²) in [7, 11) is 0. The fourth-order valence-electron chi connectivity index (χ4n) is 2.17. The molecule has 1 nitrogen and oxygen atoms in total. The maximum Gasteiger partial charge on any atom is 0.128 e. The summed E-state index contributed by atoms with van der Waals surface area (Å²) in [6, 6.07) is 4.00. The van der Waals surface area contributed by atoms with Crippen LogP contribution in [0, 0.1) is 11.6 Å². The van der Waals surface area contributed by atoms with E-state index in [9.17, 15) is 8.78 Å². The van der Waals surface area contributed by atoms with Gasteiger partial charge >= 0.3 is 0 Å². The highest BCUT2D eigenvalue weighted by molar-refractivity contribution is 5.22. The molecule has 1 aromatic carbocycles. The molecule has 15 heavy (non-hydrogen) atoms. The molecular formula is C12H15F2N. The van der Waals surface area contributed by atoms with Gasteiger partial charge in [-0.25, -0.2) is 8.78 Å². The van der Waals surface area contributed by atoms with Gasteiger partial charge < -0.3 is 5.32 Å². The van der Waals surface area contributed by atoms with Crippen LogP contribution in [0.5, 0.6) is 0 Å². The molecule has 2 unspecified atom stereocenters. The fraction of sp³-hybridized carbons (Fsp3) is 0.500. The number of piperidine rings is 1. The van der Waals surface area contributed by atoms with Crippen molar-refractivity contribution in [3.8, 4) is 0 Å². The first-order chi connectivity index (χ1) is 7.16. The number of benzene rings is 1. The van der Waals surface area contributed by atoms with Crippen LogP contribution in [0.4, 0.5) is 8.78 Å². The van der Waals surface area contributed by atoms with Crippen molar-refractivity contribution < 1.29 is 8.78 Å². The van der Waals surface area contributed by atoms with Crippen molar-refractivity contribution in [3.05, 3.63) is 35.4 Å². The highest BCUT2D eigenvalue weighted by atomic mass is 19.1. The molecule has 0 bridgehead atoms. The van der Waals surface area contributed by atoms with E-state index in [4.69, 9.17) is 0 Å². The van der Waals surface area contributed by atoms with Gasteiger partial charge in [-0.1, -0.05) is 6.42 Å². The largest absolute Gasteiger partial charge is 0.307 e. The summed E-state index contributed by atoms with van der Waals surface area (Å²) < 4.78 is 26.5. The van der Waals surface area contributed by atoms with Gasteiger partial charge in [0.05, 0.1) is 0 Å². The molecule has 1 saturated heterocycles. The van der Waals surface area contributed by atoms with Crippen molar-refractivity contribution in [2.24, 2.45) is 0 Å². The Kier molecular flexibility index (Phi) is 3.00. The van der Waals surface area contributed by atoms with Gasteiger partial charge in [0.1, 0.15) is 11.6 Å². The lowest BCUT2D eigenvalue weighted by atomic mass is 9.94. The number of hydrogen-bond donors (Lipinski definition) is 1. The molecule has 1 aromatic rings. The Morgan fingerprint density at radius 2 is 2.07 bits per heavy atom. The van der Waals surface area contributed by atoms with Gasteiger partial charge in [-0.15, -0.1) is 0 Å². The van der Waals surface area contributed by atoms with Crippen LogP contribution < -0.4 is 5.32 Å². The molecule has 1 aliphatic rings. The molecule has 0 radical (unpaired) electrons. The Labute approximate surface area is 88.5 Å². The Balaban J connectivity index is 2.24. The smallest absolute Gasteiger partial charge is 0.128 e. The van der Waals surface area contributed by atoms with Crippen LogP contribution in [-0.4, -0.2) is 6.04 Å². The minimum Gasteiger partial charge on any atom is -0.307 e. The standard InChI is InChI=1S/C12H15F2N/c1-8-3-2-4-12(15-8)10-7-9(13)5-6-11(10)14/h5-8,12,15H,2-4H2,1H3. The van der Waals surface area contributed by atoms with Crippen LogP contribution in [0.1, 0.15) is 37.8 Å². The minimum atomic E-state index is -0.369. The van der Waals surface area contributed by atoms with Crippen LogP contribution in [0.25, 0.3) is 0 Å². The normalized spacial score (nSPS) is 26.6. The van der Waals surface area contributed by atoms with Gasteiger partial charge in [-0.3, -0.25) is 0 Å². The third kappa shape index (κ3) is 2.34. The van der Waals surface area contributed by atoms with Crippen molar-refractivity contribution in [1.29, 1.82) is 0 Å². The van der Waals surface area contributed by atoms with E-state index in [1.165, 1.54) is 12.1 Å². The highest BCUT2D eigenvalue weighted by Crippen LogP contribution is 2.27. The summed E-state index contributed by atoms with van der Waals surface area (Å²) in [5.41, 5.74) is 0.460. The maximum atomic E-state index is 13.5. The van der Waals surface area contributed by atoms with E-state index in [0.717, 1.165) is 25.3 Å². The molecule has 0 saturated carbocycles. The zero-order valence-corrected chi connectivity index (χ0v) is 8.76. The lowest BCUT2D eigenvalue weighted by Gasteiger charge is -2.29. The van der Waals surface area contributed by atoms with Gasteiger partial charge in [0, 0.05) is 17.6 Å². The third-order valence-electron chi connectivity index (χ3n) is 2.95. The summed E-state index contributed by atoms with van der Waals surface area (Å²) >= 11 is 0. The van der Waals surface area contributed by atoms with Gasteiger partial charge in [0.2, 0.25) is 0 Å². The molecule has 1 N–H and O–H groups in total. The van der Waals surface area contributed by atoms with Crippen molar-refractivity contribution in [2.75, 3.05) is 0 Å². The minimum absolute atomic E-state index is 0.0375. The topological polar surface area (TPSA) is 12.0 Å². The Morgan fingerprint density at radius 3 is 2.80 bits per heavy atom. The Hall–Kier alpha value is -0.960. The van der Waals surface area contributed by atoms with Crippen LogP contribution in [-0.2, 0) is 0 Å². The number of hydrogen-bond acceptors (Lipinski definition) is 1. The summed E-state index contributed by atoms with van der Waals surface area (Å²) in [4.78, 5) is 0. The summed E-state index contributed by atoms with van der Waals surface area (Å²) in [5.74, 6) is -0.686. The van der Waals surface area contributed by atoms with Crippen LogP contribution in [0.3, 0.4) is 0 Å². The first-order valence-electron chi connectivity index (χ1n) is 5.38. The number of rotatable bonds is 1. The zero-order valence-electron chi connectivity index (χ0n) is 8.76. The molecule has 82 valence electrons. The van der Waals surface area contributed by atoms with E-state index in [2.05, 4.69) is 12.2 Å². The van der Waals surface area contributed by atoms with Crippen molar-refractivity contribution in [1.82, 2.24) is 5.32 Å². The zero-order chi connectivity index (χ0) is 10.8. The molecule has 2 rings (SSSR count). The Bertz CT molecular complexity index is 351. The molecule has 1 aliphatic heterocycles. The lowest BCUT2D eigenvalue weighted by Crippen LogP contribution is -2.35. The molecular weight excluding hydrogens is 196 g/mol. The Morgan fingerprint density at radius 1 is 1.27 bits per heavy atom. The van der Waals surface area contributed by atoms with E-state index >= 15 is 0 Å². The lowest BCUT2D eigenvalue weighted by molar-refractivity contribution is 0.333. The number of halogens is 2. The van der Waals surface area contributed by atoms with Gasteiger partial charge in [0.15, 0.2) is 0 Å². The first kappa shape index (κ1) is 10.6. The predicted molar refractivity (Wildman–Crippen MR) is 55.5 cm³/mol. The second-order valence-corrected chi connectivity index (χ2v) is 4.22. The molecule has 2 atom stereocenters. The average molecular weight is 211 g/mol. The molecule has 3 heteroatoms. The van der Waals surface area contributed by atoms with Crippen molar-refractivity contribution in [2.45, 2.75) is 38.3 Å². The highest BCUT2D eigenvalue weighted by Gasteiger charge is 2.22.